The van der Waals surface area contributed by atoms with Crippen molar-refractivity contribution in [3.8, 4) is 0 Å². The second-order valence-corrected chi connectivity index (χ2v) is 8.50. The fourth-order valence-electron chi connectivity index (χ4n) is 3.75. The number of para-hydroxylation sites is 1. The van der Waals surface area contributed by atoms with Crippen LogP contribution in [0.5, 0.6) is 0 Å². The number of hydrogen-bond donors (Lipinski definition) is 0. The summed E-state index contributed by atoms with van der Waals surface area (Å²) in [5.41, 5.74) is 2.21. The Morgan fingerprint density at radius 2 is 2.00 bits per heavy atom. The molecule has 2 aromatic carbocycles. The first-order valence-corrected chi connectivity index (χ1v) is 11.2. The second kappa shape index (κ2) is 8.18. The highest BCUT2D eigenvalue weighted by Crippen LogP contribution is 2.26. The zero-order valence-electron chi connectivity index (χ0n) is 17.0. The van der Waals surface area contributed by atoms with E-state index in [0.29, 0.717) is 20.9 Å². The molecule has 0 N–H and O–H groups in total. The molecular weight excluding hydrogens is 444 g/mol. The number of carbonyl (C=O) groups excluding carboxylic acids is 1. The second-order valence-electron chi connectivity index (χ2n) is 7.16. The van der Waals surface area contributed by atoms with E-state index in [0.717, 1.165) is 23.0 Å². The van der Waals surface area contributed by atoms with Gasteiger partial charge in [0.15, 0.2) is 5.01 Å². The van der Waals surface area contributed by atoms with Crippen molar-refractivity contribution in [2.24, 2.45) is 0 Å². The molecule has 0 spiro atoms. The van der Waals surface area contributed by atoms with E-state index in [4.69, 9.17) is 11.6 Å². The molecule has 5 aromatic rings. The van der Waals surface area contributed by atoms with Gasteiger partial charge in [0.1, 0.15) is 12.0 Å². The van der Waals surface area contributed by atoms with Crippen LogP contribution in [0.2, 0.25) is 5.02 Å². The number of fused-ring (bicyclic) bond motifs is 2. The van der Waals surface area contributed by atoms with Gasteiger partial charge in [-0.3, -0.25) is 14.2 Å². The van der Waals surface area contributed by atoms with Gasteiger partial charge in [-0.15, -0.1) is 11.3 Å². The van der Waals surface area contributed by atoms with Gasteiger partial charge in [0, 0.05) is 45.8 Å². The number of rotatable bonds is 5. The van der Waals surface area contributed by atoms with E-state index in [1.807, 2.05) is 30.5 Å². The Labute approximate surface area is 192 Å². The molecule has 0 saturated heterocycles. The van der Waals surface area contributed by atoms with E-state index in [1.54, 1.807) is 35.9 Å². The van der Waals surface area contributed by atoms with Gasteiger partial charge in [-0.05, 0) is 37.3 Å². The van der Waals surface area contributed by atoms with E-state index in [1.165, 1.54) is 22.2 Å². The predicted octanol–water partition coefficient (Wildman–Crippen LogP) is 5.36. The number of thiazole rings is 1. The minimum Gasteiger partial charge on any atom is -0.347 e. The number of halogens is 1. The van der Waals surface area contributed by atoms with Crippen LogP contribution in [0, 0.1) is 0 Å². The van der Waals surface area contributed by atoms with Crippen LogP contribution in [-0.4, -0.2) is 24.9 Å². The minimum atomic E-state index is -0.345. The summed E-state index contributed by atoms with van der Waals surface area (Å²) < 4.78 is 3.40. The first-order chi connectivity index (χ1) is 15.6. The third-order valence-electron chi connectivity index (χ3n) is 5.29. The number of carbonyl (C=O) groups is 1. The molecule has 0 radical (unpaired) electrons. The molecule has 0 saturated carbocycles. The van der Waals surface area contributed by atoms with Crippen molar-refractivity contribution in [3.63, 3.8) is 0 Å². The van der Waals surface area contributed by atoms with E-state index in [2.05, 4.69) is 21.5 Å². The van der Waals surface area contributed by atoms with Gasteiger partial charge < -0.3 is 4.57 Å². The number of ketones is 1. The molecule has 0 unspecified atom stereocenters. The molecule has 0 aliphatic rings. The van der Waals surface area contributed by atoms with Crippen molar-refractivity contribution in [1.29, 1.82) is 0 Å². The van der Waals surface area contributed by atoms with Crippen LogP contribution < -0.4 is 5.56 Å². The largest absolute Gasteiger partial charge is 0.347 e. The molecule has 8 heteroatoms. The molecule has 32 heavy (non-hydrogen) atoms. The molecule has 3 aromatic heterocycles. The van der Waals surface area contributed by atoms with Crippen molar-refractivity contribution < 1.29 is 4.79 Å². The SMILES string of the molecule is CCn1cc(/C=C(/C(=O)c2nccs2)n2cnc3cc(Cl)ccc3c2=O)c2ccccc21. The summed E-state index contributed by atoms with van der Waals surface area (Å²) >= 11 is 7.28. The van der Waals surface area contributed by atoms with Gasteiger partial charge in [-0.25, -0.2) is 9.97 Å². The lowest BCUT2D eigenvalue weighted by Gasteiger charge is -2.10. The number of hydrogen-bond acceptors (Lipinski definition) is 5. The van der Waals surface area contributed by atoms with Gasteiger partial charge in [-0.1, -0.05) is 29.8 Å². The normalized spacial score (nSPS) is 12.0. The average molecular weight is 461 g/mol. The minimum absolute atomic E-state index is 0.188. The Morgan fingerprint density at radius 3 is 2.78 bits per heavy atom. The van der Waals surface area contributed by atoms with Crippen LogP contribution in [-0.2, 0) is 6.54 Å². The van der Waals surface area contributed by atoms with E-state index in [-0.39, 0.29) is 17.0 Å². The fraction of sp³-hybridized carbons (Fsp3) is 0.0833. The highest BCUT2D eigenvalue weighted by molar-refractivity contribution is 7.12. The summed E-state index contributed by atoms with van der Waals surface area (Å²) in [7, 11) is 0. The zero-order chi connectivity index (χ0) is 22.2. The molecule has 6 nitrogen and oxygen atoms in total. The number of aryl methyl sites for hydroxylation is 1. The lowest BCUT2D eigenvalue weighted by molar-refractivity contribution is 0.105. The van der Waals surface area contributed by atoms with Crippen LogP contribution in [0.1, 0.15) is 22.3 Å². The van der Waals surface area contributed by atoms with Gasteiger partial charge in [0.2, 0.25) is 5.78 Å². The van der Waals surface area contributed by atoms with E-state index in [9.17, 15) is 9.59 Å². The van der Waals surface area contributed by atoms with Gasteiger partial charge in [0.05, 0.1) is 10.9 Å². The maximum atomic E-state index is 13.4. The molecule has 3 heterocycles. The predicted molar refractivity (Wildman–Crippen MR) is 129 cm³/mol. The Hall–Kier alpha value is -3.55. The number of nitrogens with zero attached hydrogens (tertiary/aromatic N) is 4. The molecule has 0 aliphatic carbocycles. The zero-order valence-corrected chi connectivity index (χ0v) is 18.6. The smallest absolute Gasteiger partial charge is 0.265 e. The standard InChI is InChI=1S/C24H17ClN4O2S/c1-2-28-13-15(17-5-3-4-6-20(17)28)11-21(22(30)23-26-9-10-32-23)29-14-27-19-12-16(25)7-8-18(19)24(29)31/h3-14H,2H2,1H3/b21-11-. The third kappa shape index (κ3) is 3.45. The molecule has 158 valence electrons. The Bertz CT molecular complexity index is 1560. The molecule has 5 rings (SSSR count). The van der Waals surface area contributed by atoms with Gasteiger partial charge in [-0.2, -0.15) is 0 Å². The summed E-state index contributed by atoms with van der Waals surface area (Å²) in [5, 5.41) is 3.90. The van der Waals surface area contributed by atoms with Crippen molar-refractivity contribution in [3.05, 3.63) is 92.5 Å². The molecule has 0 fully saturated rings. The average Bonchev–Trinajstić information content (AvgIpc) is 3.46. The summed E-state index contributed by atoms with van der Waals surface area (Å²) in [5.74, 6) is -0.342. The summed E-state index contributed by atoms with van der Waals surface area (Å²) in [6, 6.07) is 12.9. The fourth-order valence-corrected chi connectivity index (χ4v) is 4.51. The highest BCUT2D eigenvalue weighted by atomic mass is 35.5. The number of Topliss-reactive ketones (excluding diaryl/α,β-unsaturated/α-hetero) is 1. The summed E-state index contributed by atoms with van der Waals surface area (Å²) in [6.07, 6.45) is 6.67. The van der Waals surface area contributed by atoms with Crippen molar-refractivity contribution >= 4 is 62.3 Å². The van der Waals surface area contributed by atoms with Crippen LogP contribution in [0.3, 0.4) is 0 Å². The summed E-state index contributed by atoms with van der Waals surface area (Å²) in [6.45, 7) is 2.84. The van der Waals surface area contributed by atoms with E-state index >= 15 is 0 Å². The lowest BCUT2D eigenvalue weighted by atomic mass is 10.1. The maximum absolute atomic E-state index is 13.4. The van der Waals surface area contributed by atoms with Crippen LogP contribution in [0.25, 0.3) is 33.6 Å². The topological polar surface area (TPSA) is 69.8 Å². The Balaban J connectivity index is 1.78. The van der Waals surface area contributed by atoms with Crippen LogP contribution in [0.4, 0.5) is 0 Å². The first kappa shape index (κ1) is 20.4. The van der Waals surface area contributed by atoms with Crippen molar-refractivity contribution in [1.82, 2.24) is 19.1 Å². The van der Waals surface area contributed by atoms with E-state index < -0.39 is 0 Å². The van der Waals surface area contributed by atoms with Crippen molar-refractivity contribution in [2.75, 3.05) is 0 Å². The van der Waals surface area contributed by atoms with Crippen LogP contribution in [0.15, 0.2) is 71.4 Å². The Morgan fingerprint density at radius 1 is 1.16 bits per heavy atom. The summed E-state index contributed by atoms with van der Waals surface area (Å²) in [4.78, 5) is 35.3. The van der Waals surface area contributed by atoms with Crippen LogP contribution >= 0.6 is 22.9 Å². The first-order valence-electron chi connectivity index (χ1n) is 9.98. The van der Waals surface area contributed by atoms with Gasteiger partial charge >= 0.3 is 0 Å². The molecular formula is C24H17ClN4O2S. The monoisotopic (exact) mass is 460 g/mol. The molecule has 0 aliphatic heterocycles. The molecule has 0 atom stereocenters. The number of benzene rings is 2. The lowest BCUT2D eigenvalue weighted by Crippen LogP contribution is -2.23. The Kier molecular flexibility index (Phi) is 5.20. The maximum Gasteiger partial charge on any atom is 0.265 e. The highest BCUT2D eigenvalue weighted by Gasteiger charge is 2.20. The third-order valence-corrected chi connectivity index (χ3v) is 6.30. The molecule has 0 amide bonds. The number of allylic oxidation sites excluding steroid dienone is 1. The molecule has 0 bridgehead atoms. The number of aromatic nitrogens is 4. The quantitative estimate of drug-likeness (QED) is 0.261. The van der Waals surface area contributed by atoms with Crippen molar-refractivity contribution in [2.45, 2.75) is 13.5 Å². The van der Waals surface area contributed by atoms with Gasteiger partial charge in [0.25, 0.3) is 5.56 Å².